The maximum Gasteiger partial charge on any atom is 2.00 e. The van der Waals surface area contributed by atoms with Gasteiger partial charge in [0.05, 0.1) is 0 Å². The summed E-state index contributed by atoms with van der Waals surface area (Å²) in [4.78, 5) is 30.7. The van der Waals surface area contributed by atoms with Gasteiger partial charge in [-0.15, -0.1) is 0 Å². The summed E-state index contributed by atoms with van der Waals surface area (Å²) in [7, 11) is 0. The molecule has 0 aliphatic heterocycles. The first-order valence-corrected chi connectivity index (χ1v) is 23.9. The van der Waals surface area contributed by atoms with E-state index in [1.54, 1.807) is 0 Å². The fourth-order valence-electron chi connectivity index (χ4n) is 6.87. The summed E-state index contributed by atoms with van der Waals surface area (Å²) in [6.45, 7) is 6.76. The van der Waals surface area contributed by atoms with Crippen LogP contribution in [0.2, 0.25) is 0 Å². The molecular weight excluding hydrogens is 713 g/mol. The second kappa shape index (κ2) is 58.0. The third-order valence-corrected chi connectivity index (χ3v) is 10.5. The summed E-state index contributed by atoms with van der Waals surface area (Å²) in [5.41, 5.74) is 0. The molecule has 0 spiro atoms. The third-order valence-electron chi connectivity index (χ3n) is 10.5. The fraction of sp³-hybridized carbons (Fsp3) is 0.938. The van der Waals surface area contributed by atoms with E-state index in [1.165, 1.54) is 212 Å². The molecule has 0 saturated carbocycles. The Kier molecular flexibility index (Phi) is 64.7. The van der Waals surface area contributed by atoms with Gasteiger partial charge in [-0.25, -0.2) is 0 Å². The van der Waals surface area contributed by atoms with Crippen LogP contribution in [0, 0.1) is 0 Å². The number of hydrogen-bond donors (Lipinski definition) is 1. The van der Waals surface area contributed by atoms with Crippen molar-refractivity contribution in [1.82, 2.24) is 0 Å². The molecule has 6 nitrogen and oxygen atoms in total. The largest absolute Gasteiger partial charge is 2.00 e. The molecule has 0 fully saturated rings. The van der Waals surface area contributed by atoms with Gasteiger partial charge < -0.3 is 24.9 Å². The molecule has 324 valence electrons. The quantitative estimate of drug-likeness (QED) is 0.0485. The Morgan fingerprint density at radius 3 is 0.582 bits per heavy atom. The molecule has 0 atom stereocenters. The van der Waals surface area contributed by atoms with E-state index >= 15 is 0 Å². The first kappa shape index (κ1) is 61.3. The summed E-state index contributed by atoms with van der Waals surface area (Å²) < 4.78 is 0. The molecule has 0 rings (SSSR count). The number of carbonyl (C=O) groups is 3. The molecule has 1 N–H and O–H groups in total. The van der Waals surface area contributed by atoms with Gasteiger partial charge in [0.2, 0.25) is 0 Å². The molecule has 0 aromatic heterocycles. The Labute approximate surface area is 373 Å². The molecule has 0 bridgehead atoms. The van der Waals surface area contributed by atoms with Gasteiger partial charge >= 0.3 is 43.7 Å². The molecular formula is C48H94CaO6. The summed E-state index contributed by atoms with van der Waals surface area (Å²) >= 11 is 0. The molecule has 0 aromatic carbocycles. The number of unbranched alkanes of at least 4 members (excludes halogenated alkanes) is 36. The summed E-state index contributed by atoms with van der Waals surface area (Å²) in [5, 5.41) is 28.9. The normalized spacial score (nSPS) is 10.5. The second-order valence-electron chi connectivity index (χ2n) is 16.1. The monoisotopic (exact) mass is 807 g/mol. The van der Waals surface area contributed by atoms with Crippen LogP contribution in [0.3, 0.4) is 0 Å². The standard InChI is InChI=1S/2C18H36O2.C12H24O2.Ca/c2*1-2-3-4-5-6-7-8-9-10-11-12-13-14-15-16-17-18(19)20;1-2-3-4-5-6-7-8-9-10-11-12(13)14;/h2*2-17H2,1H3,(H,19,20);2-11H2,1H3,(H,13,14);/q;;;+2/p-2. The molecule has 0 aromatic rings. The smallest absolute Gasteiger partial charge is 0.550 e. The van der Waals surface area contributed by atoms with Gasteiger partial charge in [-0.2, -0.15) is 0 Å². The van der Waals surface area contributed by atoms with Gasteiger partial charge in [0.15, 0.2) is 0 Å². The Bertz CT molecular complexity index is 687. The first-order chi connectivity index (χ1) is 26.3. The third kappa shape index (κ3) is 71.8. The molecule has 55 heavy (non-hydrogen) atoms. The predicted molar refractivity (Wildman–Crippen MR) is 234 cm³/mol. The van der Waals surface area contributed by atoms with Crippen LogP contribution in [0.25, 0.3) is 0 Å². The number of carboxylic acid groups (broad SMARTS) is 3. The zero-order valence-electron chi connectivity index (χ0n) is 37.4. The SMILES string of the molecule is CCCCCCCCCCCC(=O)O.CCCCCCCCCCCCCCCCCC(=O)[O-].CCCCCCCCCCCCCCCCCC(=O)[O-].[Ca+2]. The number of carboxylic acids is 3. The number of carbonyl (C=O) groups excluding carboxylic acids is 2. The van der Waals surface area contributed by atoms with Gasteiger partial charge in [-0.3, -0.25) is 4.79 Å². The van der Waals surface area contributed by atoms with Crippen molar-refractivity contribution >= 4 is 55.6 Å². The topological polar surface area (TPSA) is 118 Å². The van der Waals surface area contributed by atoms with Gasteiger partial charge in [-0.1, -0.05) is 252 Å². The van der Waals surface area contributed by atoms with Crippen LogP contribution in [0.4, 0.5) is 0 Å². The maximum absolute atomic E-state index is 10.2. The van der Waals surface area contributed by atoms with Gasteiger partial charge in [0, 0.05) is 18.4 Å². The van der Waals surface area contributed by atoms with Crippen molar-refractivity contribution in [3.05, 3.63) is 0 Å². The van der Waals surface area contributed by atoms with Crippen molar-refractivity contribution in [2.24, 2.45) is 0 Å². The van der Waals surface area contributed by atoms with Crippen LogP contribution in [0.5, 0.6) is 0 Å². The van der Waals surface area contributed by atoms with Crippen molar-refractivity contribution in [2.45, 2.75) is 290 Å². The van der Waals surface area contributed by atoms with Gasteiger partial charge in [0.25, 0.3) is 0 Å². The Morgan fingerprint density at radius 2 is 0.436 bits per heavy atom. The zero-order chi connectivity index (χ0) is 40.4. The molecule has 0 unspecified atom stereocenters. The van der Waals surface area contributed by atoms with Crippen LogP contribution in [-0.2, 0) is 14.4 Å². The van der Waals surface area contributed by atoms with E-state index in [1.807, 2.05) is 0 Å². The van der Waals surface area contributed by atoms with Crippen LogP contribution in [0.1, 0.15) is 290 Å². The molecule has 7 heteroatoms. The average Bonchev–Trinajstić information content (AvgIpc) is 3.14. The van der Waals surface area contributed by atoms with E-state index in [-0.39, 0.29) is 50.6 Å². The molecule has 0 heterocycles. The van der Waals surface area contributed by atoms with Crippen molar-refractivity contribution in [2.75, 3.05) is 0 Å². The number of rotatable bonds is 42. The van der Waals surface area contributed by atoms with E-state index < -0.39 is 17.9 Å². The minimum atomic E-state index is -0.903. The maximum atomic E-state index is 10.2. The van der Waals surface area contributed by atoms with Crippen LogP contribution >= 0.6 is 0 Å². The molecule has 0 radical (unpaired) electrons. The molecule has 0 aliphatic rings. The van der Waals surface area contributed by atoms with E-state index in [0.717, 1.165) is 38.5 Å². The zero-order valence-corrected chi connectivity index (χ0v) is 39.6. The van der Waals surface area contributed by atoms with E-state index in [9.17, 15) is 24.6 Å². The average molecular weight is 807 g/mol. The Hall–Kier alpha value is -0.330. The Morgan fingerprint density at radius 1 is 0.291 bits per heavy atom. The Balaban J connectivity index is -0.000000358. The van der Waals surface area contributed by atoms with Gasteiger partial charge in [-0.05, 0) is 32.1 Å². The summed E-state index contributed by atoms with van der Waals surface area (Å²) in [6.07, 6.45) is 51.2. The number of hydrogen-bond acceptors (Lipinski definition) is 5. The minimum Gasteiger partial charge on any atom is -0.550 e. The van der Waals surface area contributed by atoms with Crippen molar-refractivity contribution in [3.8, 4) is 0 Å². The predicted octanol–water partition coefficient (Wildman–Crippen LogP) is 13.6. The van der Waals surface area contributed by atoms with E-state index in [4.69, 9.17) is 5.11 Å². The molecule has 0 saturated heterocycles. The fourth-order valence-corrected chi connectivity index (χ4v) is 6.87. The summed E-state index contributed by atoms with van der Waals surface area (Å²) in [6, 6.07) is 0. The minimum absolute atomic E-state index is 0. The van der Waals surface area contributed by atoms with Crippen LogP contribution in [-0.4, -0.2) is 60.8 Å². The van der Waals surface area contributed by atoms with Crippen molar-refractivity contribution in [3.63, 3.8) is 0 Å². The molecule has 0 aliphatic carbocycles. The molecule has 0 amide bonds. The summed E-state index contributed by atoms with van der Waals surface area (Å²) in [5.74, 6) is -2.47. The second-order valence-corrected chi connectivity index (χ2v) is 16.1. The van der Waals surface area contributed by atoms with Crippen molar-refractivity contribution < 1.29 is 29.7 Å². The number of aliphatic carboxylic acids is 3. The first-order valence-electron chi connectivity index (χ1n) is 23.9. The van der Waals surface area contributed by atoms with Gasteiger partial charge in [0.1, 0.15) is 0 Å². The van der Waals surface area contributed by atoms with E-state index in [0.29, 0.717) is 6.42 Å². The van der Waals surface area contributed by atoms with Crippen LogP contribution < -0.4 is 10.2 Å². The van der Waals surface area contributed by atoms with Crippen molar-refractivity contribution in [1.29, 1.82) is 0 Å². The van der Waals surface area contributed by atoms with E-state index in [2.05, 4.69) is 20.8 Å². The van der Waals surface area contributed by atoms with Crippen LogP contribution in [0.15, 0.2) is 0 Å².